The molecule has 2 rings (SSSR count). The van der Waals surface area contributed by atoms with Crippen LogP contribution in [0.2, 0.25) is 0 Å². The van der Waals surface area contributed by atoms with Gasteiger partial charge in [-0.05, 0) is 12.8 Å². The van der Waals surface area contributed by atoms with E-state index in [1.807, 2.05) is 0 Å². The van der Waals surface area contributed by atoms with Gasteiger partial charge in [0.05, 0.1) is 12.6 Å². The molecule has 2 amide bonds. The monoisotopic (exact) mass is 227 g/mol. The van der Waals surface area contributed by atoms with Crippen LogP contribution >= 0.6 is 0 Å². The molecular weight excluding hydrogens is 210 g/mol. The third-order valence-electron chi connectivity index (χ3n) is 3.02. The molecule has 16 heavy (non-hydrogen) atoms. The fourth-order valence-corrected chi connectivity index (χ4v) is 2.12. The van der Waals surface area contributed by atoms with Gasteiger partial charge in [0, 0.05) is 19.6 Å². The lowest BCUT2D eigenvalue weighted by atomic mass is 10.1. The largest absolute Gasteiger partial charge is 0.391 e. The number of rotatable bonds is 1. The normalized spacial score (nSPS) is 31.1. The Morgan fingerprint density at radius 2 is 2.31 bits per heavy atom. The molecular formula is C10H17N3O3. The van der Waals surface area contributed by atoms with Crippen molar-refractivity contribution < 1.29 is 14.7 Å². The van der Waals surface area contributed by atoms with Crippen LogP contribution in [-0.2, 0) is 9.59 Å². The smallest absolute Gasteiger partial charge is 0.241 e. The Bertz CT molecular complexity index is 285. The van der Waals surface area contributed by atoms with Gasteiger partial charge in [-0.2, -0.15) is 0 Å². The van der Waals surface area contributed by atoms with E-state index in [0.29, 0.717) is 19.6 Å². The van der Waals surface area contributed by atoms with Crippen molar-refractivity contribution >= 4 is 11.8 Å². The first-order valence-electron chi connectivity index (χ1n) is 5.64. The molecule has 0 aliphatic carbocycles. The number of carbonyl (C=O) groups is 2. The summed E-state index contributed by atoms with van der Waals surface area (Å²) in [5.41, 5.74) is 0. The van der Waals surface area contributed by atoms with Crippen LogP contribution in [0.5, 0.6) is 0 Å². The van der Waals surface area contributed by atoms with Crippen molar-refractivity contribution in [2.24, 2.45) is 0 Å². The molecule has 0 saturated carbocycles. The lowest BCUT2D eigenvalue weighted by Crippen LogP contribution is -2.60. The lowest BCUT2D eigenvalue weighted by molar-refractivity contribution is -0.137. The van der Waals surface area contributed by atoms with Crippen molar-refractivity contribution in [1.29, 1.82) is 0 Å². The summed E-state index contributed by atoms with van der Waals surface area (Å²) in [6, 6.07) is -0.344. The van der Waals surface area contributed by atoms with Gasteiger partial charge < -0.3 is 15.3 Å². The van der Waals surface area contributed by atoms with E-state index in [-0.39, 0.29) is 24.4 Å². The van der Waals surface area contributed by atoms with Crippen LogP contribution in [0.1, 0.15) is 12.8 Å². The Morgan fingerprint density at radius 3 is 2.94 bits per heavy atom. The summed E-state index contributed by atoms with van der Waals surface area (Å²) >= 11 is 0. The zero-order chi connectivity index (χ0) is 11.5. The average Bonchev–Trinajstić information content (AvgIpc) is 2.29. The van der Waals surface area contributed by atoms with E-state index >= 15 is 0 Å². The number of β-amino-alcohol motifs (C(OH)–C–C–N with tert-alkyl or cyclic N) is 1. The van der Waals surface area contributed by atoms with Crippen molar-refractivity contribution in [3.05, 3.63) is 0 Å². The molecule has 0 aromatic carbocycles. The van der Waals surface area contributed by atoms with Crippen LogP contribution in [0.3, 0.4) is 0 Å². The number of carbonyl (C=O) groups excluding carboxylic acids is 2. The maximum absolute atomic E-state index is 12.0. The first-order valence-corrected chi connectivity index (χ1v) is 5.64. The number of aliphatic hydroxyl groups is 1. The fraction of sp³-hybridized carbons (Fsp3) is 0.800. The number of hydrogen-bond donors (Lipinski definition) is 3. The predicted molar refractivity (Wildman–Crippen MR) is 56.6 cm³/mol. The summed E-state index contributed by atoms with van der Waals surface area (Å²) < 4.78 is 0. The van der Waals surface area contributed by atoms with Gasteiger partial charge >= 0.3 is 0 Å². The molecule has 2 heterocycles. The van der Waals surface area contributed by atoms with Gasteiger partial charge in [-0.25, -0.2) is 0 Å². The van der Waals surface area contributed by atoms with E-state index < -0.39 is 6.10 Å². The minimum atomic E-state index is -0.407. The van der Waals surface area contributed by atoms with Gasteiger partial charge in [0.2, 0.25) is 11.8 Å². The standard InChI is InChI=1S/C10H17N3O3/c14-7-2-1-3-13(6-7)10(16)8-4-12-9(15)5-11-8/h7-8,11,14H,1-6H2,(H,12,15)/t7-,8?/m0/s1. The first kappa shape index (κ1) is 11.3. The zero-order valence-electron chi connectivity index (χ0n) is 9.11. The number of hydrogen-bond acceptors (Lipinski definition) is 4. The maximum atomic E-state index is 12.0. The van der Waals surface area contributed by atoms with Crippen LogP contribution in [0.4, 0.5) is 0 Å². The Hall–Kier alpha value is -1.14. The molecule has 0 aromatic rings. The Balaban J connectivity index is 1.89. The number of nitrogens with zero attached hydrogens (tertiary/aromatic N) is 1. The molecule has 3 N–H and O–H groups in total. The summed E-state index contributed by atoms with van der Waals surface area (Å²) in [6.45, 7) is 1.63. The third-order valence-corrected chi connectivity index (χ3v) is 3.02. The Labute approximate surface area is 94.0 Å². The molecule has 0 spiro atoms. The molecule has 0 radical (unpaired) electrons. The predicted octanol–water partition coefficient (Wildman–Crippen LogP) is -1.94. The molecule has 1 unspecified atom stereocenters. The van der Waals surface area contributed by atoms with E-state index in [1.165, 1.54) is 0 Å². The Kier molecular flexibility index (Phi) is 3.40. The molecule has 90 valence electrons. The minimum absolute atomic E-state index is 0.0289. The van der Waals surface area contributed by atoms with E-state index in [4.69, 9.17) is 0 Å². The van der Waals surface area contributed by atoms with E-state index in [2.05, 4.69) is 10.6 Å². The van der Waals surface area contributed by atoms with Gasteiger partial charge in [0.1, 0.15) is 6.04 Å². The molecule has 2 saturated heterocycles. The summed E-state index contributed by atoms with van der Waals surface area (Å²) in [7, 11) is 0. The van der Waals surface area contributed by atoms with Crippen LogP contribution in [0, 0.1) is 0 Å². The number of nitrogens with one attached hydrogen (secondary N) is 2. The number of aliphatic hydroxyl groups excluding tert-OH is 1. The summed E-state index contributed by atoms with van der Waals surface area (Å²) in [4.78, 5) is 24.6. The van der Waals surface area contributed by atoms with Crippen molar-refractivity contribution in [2.75, 3.05) is 26.2 Å². The molecule has 2 fully saturated rings. The van der Waals surface area contributed by atoms with Gasteiger partial charge in [0.25, 0.3) is 0 Å². The van der Waals surface area contributed by atoms with Crippen molar-refractivity contribution in [3.63, 3.8) is 0 Å². The second kappa shape index (κ2) is 4.80. The van der Waals surface area contributed by atoms with E-state index in [1.54, 1.807) is 4.90 Å². The van der Waals surface area contributed by atoms with Crippen molar-refractivity contribution in [2.45, 2.75) is 25.0 Å². The highest BCUT2D eigenvalue weighted by Gasteiger charge is 2.30. The number of piperidine rings is 1. The van der Waals surface area contributed by atoms with Crippen LogP contribution in [0.15, 0.2) is 0 Å². The molecule has 2 aliphatic rings. The lowest BCUT2D eigenvalue weighted by Gasteiger charge is -2.34. The SMILES string of the molecule is O=C1CNC(C(=O)N2CCC[C@H](O)C2)CN1. The molecule has 6 heteroatoms. The molecule has 0 bridgehead atoms. The molecule has 2 aliphatic heterocycles. The van der Waals surface area contributed by atoms with Crippen LogP contribution in [0.25, 0.3) is 0 Å². The molecule has 0 aromatic heterocycles. The van der Waals surface area contributed by atoms with E-state index in [0.717, 1.165) is 12.8 Å². The third kappa shape index (κ3) is 2.51. The quantitative estimate of drug-likeness (QED) is 0.487. The van der Waals surface area contributed by atoms with Crippen LogP contribution < -0.4 is 10.6 Å². The van der Waals surface area contributed by atoms with Crippen molar-refractivity contribution in [1.82, 2.24) is 15.5 Å². The highest BCUT2D eigenvalue weighted by Crippen LogP contribution is 2.11. The second-order valence-corrected chi connectivity index (χ2v) is 4.32. The van der Waals surface area contributed by atoms with Crippen LogP contribution in [-0.4, -0.2) is 60.1 Å². The summed E-state index contributed by atoms with van der Waals surface area (Å²) in [5.74, 6) is -0.110. The topological polar surface area (TPSA) is 81.7 Å². The maximum Gasteiger partial charge on any atom is 0.241 e. The van der Waals surface area contributed by atoms with Gasteiger partial charge in [0.15, 0.2) is 0 Å². The number of piperazine rings is 1. The number of likely N-dealkylation sites (tertiary alicyclic amines) is 1. The fourth-order valence-electron chi connectivity index (χ4n) is 2.12. The second-order valence-electron chi connectivity index (χ2n) is 4.32. The average molecular weight is 227 g/mol. The molecule has 6 nitrogen and oxygen atoms in total. The van der Waals surface area contributed by atoms with Gasteiger partial charge in [-0.15, -0.1) is 0 Å². The van der Waals surface area contributed by atoms with Crippen molar-refractivity contribution in [3.8, 4) is 0 Å². The highest BCUT2D eigenvalue weighted by atomic mass is 16.3. The number of amides is 2. The van der Waals surface area contributed by atoms with E-state index in [9.17, 15) is 14.7 Å². The zero-order valence-corrected chi connectivity index (χ0v) is 9.11. The summed E-state index contributed by atoms with van der Waals surface area (Å²) in [6.07, 6.45) is 1.20. The highest BCUT2D eigenvalue weighted by molar-refractivity contribution is 5.86. The minimum Gasteiger partial charge on any atom is -0.391 e. The van der Waals surface area contributed by atoms with Gasteiger partial charge in [-0.1, -0.05) is 0 Å². The Morgan fingerprint density at radius 1 is 1.50 bits per heavy atom. The summed E-state index contributed by atoms with van der Waals surface area (Å²) in [5, 5.41) is 15.0. The first-order chi connectivity index (χ1) is 7.66. The van der Waals surface area contributed by atoms with Gasteiger partial charge in [-0.3, -0.25) is 14.9 Å². The molecule has 2 atom stereocenters.